The van der Waals surface area contributed by atoms with Gasteiger partial charge in [0.1, 0.15) is 189 Å². The molecule has 0 aromatic heterocycles. The van der Waals surface area contributed by atoms with E-state index in [1.54, 1.807) is 42.5 Å². The number of rotatable bonds is 33. The molecule has 2 saturated carbocycles. The topological polar surface area (TPSA) is 766 Å². The number of ether oxygens (including phenoxy) is 12. The maximum atomic E-state index is 12.9. The summed E-state index contributed by atoms with van der Waals surface area (Å²) in [5, 5.41) is 293. The number of aliphatic hydroxyl groups is 16. The first-order valence-electron chi connectivity index (χ1n) is 44.2. The van der Waals surface area contributed by atoms with Crippen LogP contribution in [-0.4, -0.2) is 360 Å². The van der Waals surface area contributed by atoms with Gasteiger partial charge in [-0.25, -0.2) is 0 Å². The van der Waals surface area contributed by atoms with Crippen molar-refractivity contribution in [3.8, 4) is 115 Å². The molecule has 3 aliphatic heterocycles. The van der Waals surface area contributed by atoms with Crippen LogP contribution in [0.4, 0.5) is 0 Å². The second kappa shape index (κ2) is 49.3. The molecule has 0 unspecified atom stereocenters. The Hall–Kier alpha value is -12.4. The number of aliphatic hydroxyl groups excluding tert-OH is 16. The van der Waals surface area contributed by atoms with Crippen LogP contribution < -0.4 is 33.2 Å². The summed E-state index contributed by atoms with van der Waals surface area (Å²) >= 11 is 0. The van der Waals surface area contributed by atoms with Crippen LogP contribution >= 0.6 is 0 Å². The van der Waals surface area contributed by atoms with Gasteiger partial charge in [0.2, 0.25) is 6.29 Å². The Kier molecular flexibility index (Phi) is 38.7. The number of aromatic hydroxyl groups is 13. The molecule has 772 valence electrons. The summed E-state index contributed by atoms with van der Waals surface area (Å²) < 4.78 is 64.4. The van der Waals surface area contributed by atoms with Crippen molar-refractivity contribution in [1.82, 2.24) is 0 Å². The third kappa shape index (κ3) is 27.1. The molecule has 45 heteroatoms. The minimum absolute atomic E-state index is 0.0206. The van der Waals surface area contributed by atoms with Crippen LogP contribution in [0.25, 0.3) is 0 Å². The molecule has 0 spiro atoms. The molecule has 13 rings (SSSR count). The van der Waals surface area contributed by atoms with E-state index in [2.05, 4.69) is 0 Å². The number of aryl methyl sites for hydroxylation is 4. The minimum Gasteiger partial charge on any atom is -0.508 e. The normalized spacial score (nSPS) is 27.4. The highest BCUT2D eigenvalue weighted by Crippen LogP contribution is 2.44. The van der Waals surface area contributed by atoms with Crippen molar-refractivity contribution in [2.24, 2.45) is 11.8 Å². The van der Waals surface area contributed by atoms with E-state index < -0.39 is 242 Å². The summed E-state index contributed by atoms with van der Waals surface area (Å²) in [5.74, 6) is -8.17. The van der Waals surface area contributed by atoms with Gasteiger partial charge in [0.05, 0.1) is 59.5 Å². The smallest absolute Gasteiger partial charge is 0.229 e. The van der Waals surface area contributed by atoms with Gasteiger partial charge in [0.15, 0.2) is 81.7 Å². The summed E-state index contributed by atoms with van der Waals surface area (Å²) in [7, 11) is 5.66. The van der Waals surface area contributed by atoms with E-state index in [9.17, 15) is 167 Å². The SMILES string of the molecule is COc1ccc(CCC(=O)c2c(O)cc(O)cc2O)cc1O.COc1ccc(CCC(=O)c2c(O)cc(O[C@@H]3C[C@H](CO)[C@@H](O)[C@H](O)[C@H]3O)cc2O)cc1O.COc1ccc(CCC(=O)c2c(O)cc(O[C@@H]3C[C@H](CO)[C@@H](O)[C@H](O)[C@H]3O[C@H]3O[C@H](C)[C@@H](O)[C@H](O)[C@@H]3O)cc2O)cc1O.COc1ccc(CCC(=O)c2c(O)cc(O[C@@H]3O[C@H](CO[C@H]4O[C@H](C)[C@@H](O)[C@H](O)[C@@H]4O)[C@@H](O)[C@H](O)[C@H]3O)cc2O)cc1O. The van der Waals surface area contributed by atoms with E-state index in [4.69, 9.17) is 56.8 Å². The number of carbonyl (C=O) groups is 4. The summed E-state index contributed by atoms with van der Waals surface area (Å²) in [5.41, 5.74) is 1.34. The highest BCUT2D eigenvalue weighted by Gasteiger charge is 2.52. The van der Waals surface area contributed by atoms with Gasteiger partial charge in [-0.3, -0.25) is 19.2 Å². The van der Waals surface area contributed by atoms with Crippen LogP contribution in [0.1, 0.15) is 116 Å². The Bertz CT molecular complexity index is 5460. The van der Waals surface area contributed by atoms with Crippen molar-refractivity contribution in [3.63, 3.8) is 0 Å². The molecule has 8 aromatic rings. The fraction of sp³-hybridized carbons (Fsp3) is 0.458. The van der Waals surface area contributed by atoms with Crippen molar-refractivity contribution in [2.75, 3.05) is 48.3 Å². The third-order valence-electron chi connectivity index (χ3n) is 24.4. The monoisotopic (exact) mass is 1990 g/mol. The Morgan fingerprint density at radius 2 is 0.596 bits per heavy atom. The zero-order chi connectivity index (χ0) is 104. The second-order valence-corrected chi connectivity index (χ2v) is 34.1. The molecule has 0 bridgehead atoms. The Morgan fingerprint density at radius 3 is 0.936 bits per heavy atom. The van der Waals surface area contributed by atoms with Gasteiger partial charge < -0.3 is 205 Å². The molecule has 45 nitrogen and oxygen atoms in total. The van der Waals surface area contributed by atoms with Crippen LogP contribution in [0.3, 0.4) is 0 Å². The van der Waals surface area contributed by atoms with Gasteiger partial charge in [0, 0.05) is 99.3 Å². The predicted octanol–water partition coefficient (Wildman–Crippen LogP) is 0.782. The number of phenols is 13. The van der Waals surface area contributed by atoms with Gasteiger partial charge in [-0.05, 0) is 123 Å². The largest absolute Gasteiger partial charge is 0.508 e. The van der Waals surface area contributed by atoms with Crippen molar-refractivity contribution in [2.45, 2.75) is 219 Å². The fourth-order valence-corrected chi connectivity index (χ4v) is 16.4. The van der Waals surface area contributed by atoms with Gasteiger partial charge in [-0.15, -0.1) is 0 Å². The molecule has 3 heterocycles. The zero-order valence-corrected chi connectivity index (χ0v) is 76.7. The molecule has 5 fully saturated rings. The first kappa shape index (κ1) is 111. The van der Waals surface area contributed by atoms with Crippen LogP contribution in [0, 0.1) is 11.8 Å². The summed E-state index contributed by atoms with van der Waals surface area (Å²) in [6, 6.07) is 27.1. The molecule has 8 aromatic carbocycles. The van der Waals surface area contributed by atoms with Crippen molar-refractivity contribution < 1.29 is 224 Å². The summed E-state index contributed by atoms with van der Waals surface area (Å²) in [4.78, 5) is 50.4. The summed E-state index contributed by atoms with van der Waals surface area (Å²) in [6.45, 7) is 1.42. The highest BCUT2D eigenvalue weighted by atomic mass is 16.7. The number of methoxy groups -OCH3 is 4. The first-order valence-corrected chi connectivity index (χ1v) is 44.2. The quantitative estimate of drug-likeness (QED) is 0.0253. The van der Waals surface area contributed by atoms with Gasteiger partial charge >= 0.3 is 0 Å². The fourth-order valence-electron chi connectivity index (χ4n) is 16.4. The van der Waals surface area contributed by atoms with E-state index in [1.807, 2.05) is 0 Å². The van der Waals surface area contributed by atoms with Gasteiger partial charge in [0.25, 0.3) is 0 Å². The number of ketones is 4. The average molecular weight is 1990 g/mol. The molecule has 0 radical (unpaired) electrons. The Morgan fingerprint density at radius 1 is 0.305 bits per heavy atom. The van der Waals surface area contributed by atoms with Crippen LogP contribution in [-0.2, 0) is 49.4 Å². The Labute approximate surface area is 803 Å². The lowest BCUT2D eigenvalue weighted by molar-refractivity contribution is -0.325. The predicted molar refractivity (Wildman–Crippen MR) is 482 cm³/mol. The molecular formula is C96H118O45. The van der Waals surface area contributed by atoms with E-state index in [-0.39, 0.29) is 138 Å². The summed E-state index contributed by atoms with van der Waals surface area (Å²) in [6.07, 6.45) is -32.8. The van der Waals surface area contributed by atoms with Crippen LogP contribution in [0.5, 0.6) is 115 Å². The lowest BCUT2D eigenvalue weighted by atomic mass is 9.81. The molecule has 5 aliphatic rings. The molecule has 25 atom stereocenters. The number of phenolic OH excluding ortho intramolecular Hbond substituents is 13. The van der Waals surface area contributed by atoms with E-state index in [0.29, 0.717) is 40.2 Å². The Balaban J connectivity index is 0.000000199. The van der Waals surface area contributed by atoms with Crippen molar-refractivity contribution in [3.05, 3.63) is 166 Å². The highest BCUT2D eigenvalue weighted by molar-refractivity contribution is 6.03. The number of benzene rings is 8. The molecule has 141 heavy (non-hydrogen) atoms. The van der Waals surface area contributed by atoms with Crippen molar-refractivity contribution in [1.29, 1.82) is 0 Å². The standard InChI is InChI=1S/C29H38O14.C28H36O15.C23H28O10.C16H16O6/c1-12-23(35)25(37)27(39)29(41-12)43-28-21(8-14(11-30)24(36)26(28)38)42-15-9-18(33)22(19(34)10-15)16(31)5-3-13-4-6-20(40-2)17(32)7-13;1-11-21(33)23(35)25(37)27(41-11)40-10-19-22(34)24(36)26(38)28(43-19)42-13-8-16(31)20(17(32)9-13)14(29)5-3-12-4-6-18(39-2)15(30)7-12;1-32-18-5-3-11(6-15(18)26)2-4-14(25)20-16(27)8-13(9-17(20)28)33-19-7-12(10-24)21(29)23(31)22(19)30;1-22-15-5-3-9(6-12(15)19)2-4-11(18)16-13(20)7-10(17)8-14(16)21/h4,6-7,9-10,12,14,21,23-30,32-39H,3,5,8,11H2,1-2H3;4,6-9,11,19,21-28,30-38H,3,5,10H2,1-2H3;3,5-6,8-9,12,19,21-24,26-31H,2,4,7,10H2,1H3;3,5-8,17,19-21H,2,4H2,1H3/t12-,14-,21-,23-,24-,25+,26+,27+,28+,29-;11-,19-,21-,22-,23+,24+,25+,26-,27+,28-;12-,19-,21-,22+,23+;/m111./s1. The average Bonchev–Trinajstić information content (AvgIpc) is 0.790. The molecule has 0 amide bonds. The van der Waals surface area contributed by atoms with Gasteiger partial charge in [-0.1, -0.05) is 24.3 Å². The molecule has 3 saturated heterocycles. The lowest BCUT2D eigenvalue weighted by Crippen LogP contribution is -2.62. The third-order valence-corrected chi connectivity index (χ3v) is 24.4. The number of hydrogen-bond donors (Lipinski definition) is 29. The first-order chi connectivity index (χ1) is 66.7. The van der Waals surface area contributed by atoms with Gasteiger partial charge in [-0.2, -0.15) is 0 Å². The maximum Gasteiger partial charge on any atom is 0.229 e. The minimum atomic E-state index is -1.80. The lowest BCUT2D eigenvalue weighted by Gasteiger charge is -2.45. The second-order valence-electron chi connectivity index (χ2n) is 34.1. The van der Waals surface area contributed by atoms with Crippen molar-refractivity contribution >= 4 is 23.1 Å². The molecule has 2 aliphatic carbocycles. The zero-order valence-electron chi connectivity index (χ0n) is 76.7. The van der Waals surface area contributed by atoms with Crippen LogP contribution in [0.15, 0.2) is 121 Å². The number of Topliss-reactive ketones (excluding diaryl/α,β-unsaturated/α-hetero) is 4. The molecule has 29 N–H and O–H groups in total. The number of carbonyl (C=O) groups excluding carboxylic acids is 4. The molecular weight excluding hydrogens is 1870 g/mol. The van der Waals surface area contributed by atoms with E-state index >= 15 is 0 Å². The number of hydrogen-bond acceptors (Lipinski definition) is 45. The van der Waals surface area contributed by atoms with Crippen LogP contribution in [0.2, 0.25) is 0 Å². The maximum absolute atomic E-state index is 12.9. The van der Waals surface area contributed by atoms with E-state index in [0.717, 1.165) is 48.5 Å². The van der Waals surface area contributed by atoms with E-state index in [1.165, 1.54) is 72.6 Å².